The van der Waals surface area contributed by atoms with Crippen LogP contribution in [0.2, 0.25) is 0 Å². The maximum absolute atomic E-state index is 11.5. The molecule has 1 rings (SSSR count). The van der Waals surface area contributed by atoms with Gasteiger partial charge in [0.1, 0.15) is 5.54 Å². The largest absolute Gasteiger partial charge is 0.480 e. The van der Waals surface area contributed by atoms with Gasteiger partial charge < -0.3 is 5.11 Å². The smallest absolute Gasteiger partial charge is 0.328 e. The second kappa shape index (κ2) is 5.32. The lowest BCUT2D eigenvalue weighted by molar-refractivity contribution is -0.145. The predicted molar refractivity (Wildman–Crippen MR) is 69.1 cm³/mol. The van der Waals surface area contributed by atoms with Crippen molar-refractivity contribution in [1.82, 2.24) is 5.32 Å². The van der Waals surface area contributed by atoms with Gasteiger partial charge in [0.15, 0.2) is 0 Å². The van der Waals surface area contributed by atoms with Gasteiger partial charge in [-0.15, -0.1) is 0 Å². The molecule has 17 heavy (non-hydrogen) atoms. The van der Waals surface area contributed by atoms with E-state index in [1.54, 1.807) is 6.92 Å². The highest BCUT2D eigenvalue weighted by molar-refractivity contribution is 5.80. The standard InChI is InChI=1S/C14H21NO2/c1-5-11(3)15-14(4,13(16)17)12-8-6-7-10(2)9-12/h6-9,11,15H,5H2,1-4H3,(H,16,17). The van der Waals surface area contributed by atoms with Gasteiger partial charge in [0.2, 0.25) is 0 Å². The number of carboxylic acids is 1. The molecule has 3 heteroatoms. The van der Waals surface area contributed by atoms with E-state index in [1.807, 2.05) is 45.0 Å². The van der Waals surface area contributed by atoms with Gasteiger partial charge in [-0.25, -0.2) is 4.79 Å². The topological polar surface area (TPSA) is 49.3 Å². The number of benzene rings is 1. The van der Waals surface area contributed by atoms with Crippen LogP contribution in [0.4, 0.5) is 0 Å². The molecule has 0 aliphatic carbocycles. The summed E-state index contributed by atoms with van der Waals surface area (Å²) < 4.78 is 0. The number of hydrogen-bond donors (Lipinski definition) is 2. The Kier molecular flexibility index (Phi) is 4.29. The van der Waals surface area contributed by atoms with E-state index in [9.17, 15) is 9.90 Å². The van der Waals surface area contributed by atoms with E-state index in [4.69, 9.17) is 0 Å². The van der Waals surface area contributed by atoms with Crippen LogP contribution in [0, 0.1) is 6.92 Å². The minimum Gasteiger partial charge on any atom is -0.480 e. The van der Waals surface area contributed by atoms with E-state index >= 15 is 0 Å². The molecule has 0 aliphatic heterocycles. The normalized spacial score (nSPS) is 16.2. The summed E-state index contributed by atoms with van der Waals surface area (Å²) in [5.74, 6) is -0.844. The minimum atomic E-state index is -1.03. The Labute approximate surface area is 103 Å². The van der Waals surface area contributed by atoms with E-state index < -0.39 is 11.5 Å². The lowest BCUT2D eigenvalue weighted by Crippen LogP contribution is -2.50. The molecule has 1 aromatic carbocycles. The number of rotatable bonds is 5. The molecule has 0 aliphatic rings. The second-order valence-corrected chi connectivity index (χ2v) is 4.75. The third kappa shape index (κ3) is 3.07. The molecule has 94 valence electrons. The number of nitrogens with one attached hydrogen (secondary N) is 1. The van der Waals surface area contributed by atoms with Gasteiger partial charge >= 0.3 is 5.97 Å². The van der Waals surface area contributed by atoms with Crippen molar-refractivity contribution in [3.8, 4) is 0 Å². The molecule has 0 heterocycles. The van der Waals surface area contributed by atoms with Crippen molar-refractivity contribution in [1.29, 1.82) is 0 Å². The summed E-state index contributed by atoms with van der Waals surface area (Å²) in [6.07, 6.45) is 0.898. The van der Waals surface area contributed by atoms with Crippen LogP contribution in [-0.2, 0) is 10.3 Å². The highest BCUT2D eigenvalue weighted by atomic mass is 16.4. The van der Waals surface area contributed by atoms with Crippen LogP contribution in [-0.4, -0.2) is 17.1 Å². The monoisotopic (exact) mass is 235 g/mol. The Hall–Kier alpha value is -1.35. The molecule has 0 fully saturated rings. The van der Waals surface area contributed by atoms with Crippen molar-refractivity contribution in [2.24, 2.45) is 0 Å². The molecule has 2 atom stereocenters. The van der Waals surface area contributed by atoms with E-state index in [0.29, 0.717) is 0 Å². The molecule has 0 amide bonds. The highest BCUT2D eigenvalue weighted by Gasteiger charge is 2.35. The summed E-state index contributed by atoms with van der Waals surface area (Å²) >= 11 is 0. The molecule has 0 radical (unpaired) electrons. The SMILES string of the molecule is CCC(C)NC(C)(C(=O)O)c1cccc(C)c1. The van der Waals surface area contributed by atoms with E-state index in [2.05, 4.69) is 5.32 Å². The van der Waals surface area contributed by atoms with Crippen molar-refractivity contribution >= 4 is 5.97 Å². The van der Waals surface area contributed by atoms with Gasteiger partial charge in [0.05, 0.1) is 0 Å². The zero-order valence-corrected chi connectivity index (χ0v) is 10.9. The summed E-state index contributed by atoms with van der Waals surface area (Å²) in [5, 5.41) is 12.6. The fourth-order valence-corrected chi connectivity index (χ4v) is 1.82. The molecule has 0 bridgehead atoms. The summed E-state index contributed by atoms with van der Waals surface area (Å²) in [4.78, 5) is 11.5. The first-order chi connectivity index (χ1) is 7.90. The van der Waals surface area contributed by atoms with Crippen LogP contribution in [0.15, 0.2) is 24.3 Å². The predicted octanol–water partition coefficient (Wildman–Crippen LogP) is 2.68. The average Bonchev–Trinajstić information content (AvgIpc) is 2.28. The Morgan fingerprint density at radius 2 is 2.18 bits per heavy atom. The fraction of sp³-hybridized carbons (Fsp3) is 0.500. The zero-order valence-electron chi connectivity index (χ0n) is 10.9. The minimum absolute atomic E-state index is 0.164. The van der Waals surface area contributed by atoms with E-state index in [-0.39, 0.29) is 6.04 Å². The summed E-state index contributed by atoms with van der Waals surface area (Å²) in [6.45, 7) is 7.72. The lowest BCUT2D eigenvalue weighted by Gasteiger charge is -2.30. The van der Waals surface area contributed by atoms with Gasteiger partial charge in [-0.05, 0) is 32.8 Å². The molecule has 0 saturated carbocycles. The van der Waals surface area contributed by atoms with Crippen molar-refractivity contribution in [2.75, 3.05) is 0 Å². The van der Waals surface area contributed by atoms with Gasteiger partial charge in [0.25, 0.3) is 0 Å². The number of carbonyl (C=O) groups is 1. The van der Waals surface area contributed by atoms with E-state index in [1.165, 1.54) is 0 Å². The van der Waals surface area contributed by atoms with Crippen LogP contribution in [0.1, 0.15) is 38.3 Å². The van der Waals surface area contributed by atoms with Crippen molar-refractivity contribution in [3.05, 3.63) is 35.4 Å². The number of hydrogen-bond acceptors (Lipinski definition) is 2. The lowest BCUT2D eigenvalue weighted by atomic mass is 9.90. The number of aliphatic carboxylic acids is 1. The van der Waals surface area contributed by atoms with Gasteiger partial charge in [-0.1, -0.05) is 36.8 Å². The first-order valence-electron chi connectivity index (χ1n) is 5.98. The molecular formula is C14H21NO2. The van der Waals surface area contributed by atoms with Crippen molar-refractivity contribution < 1.29 is 9.90 Å². The molecule has 0 aromatic heterocycles. The first-order valence-corrected chi connectivity index (χ1v) is 5.98. The summed E-state index contributed by atoms with van der Waals surface area (Å²) in [5.41, 5.74) is 0.841. The van der Waals surface area contributed by atoms with Crippen LogP contribution >= 0.6 is 0 Å². The Bertz CT molecular complexity index is 403. The quantitative estimate of drug-likeness (QED) is 0.825. The fourth-order valence-electron chi connectivity index (χ4n) is 1.82. The van der Waals surface area contributed by atoms with Crippen LogP contribution < -0.4 is 5.32 Å². The Balaban J connectivity index is 3.11. The molecule has 1 aromatic rings. The van der Waals surface area contributed by atoms with Crippen LogP contribution in [0.5, 0.6) is 0 Å². The van der Waals surface area contributed by atoms with Gasteiger partial charge in [-0.2, -0.15) is 0 Å². The Morgan fingerprint density at radius 3 is 2.65 bits per heavy atom. The third-order valence-electron chi connectivity index (χ3n) is 3.17. The molecule has 0 spiro atoms. The molecule has 2 N–H and O–H groups in total. The van der Waals surface area contributed by atoms with Gasteiger partial charge in [-0.3, -0.25) is 5.32 Å². The van der Waals surface area contributed by atoms with Gasteiger partial charge in [0, 0.05) is 6.04 Å². The maximum Gasteiger partial charge on any atom is 0.328 e. The molecular weight excluding hydrogens is 214 g/mol. The van der Waals surface area contributed by atoms with Crippen LogP contribution in [0.3, 0.4) is 0 Å². The maximum atomic E-state index is 11.5. The van der Waals surface area contributed by atoms with Crippen LogP contribution in [0.25, 0.3) is 0 Å². The second-order valence-electron chi connectivity index (χ2n) is 4.75. The summed E-state index contributed by atoms with van der Waals surface area (Å²) in [6, 6.07) is 7.80. The van der Waals surface area contributed by atoms with Crippen molar-refractivity contribution in [2.45, 2.75) is 45.7 Å². The third-order valence-corrected chi connectivity index (χ3v) is 3.17. The van der Waals surface area contributed by atoms with Crippen molar-refractivity contribution in [3.63, 3.8) is 0 Å². The zero-order chi connectivity index (χ0) is 13.1. The number of carboxylic acid groups (broad SMARTS) is 1. The van der Waals surface area contributed by atoms with E-state index in [0.717, 1.165) is 17.5 Å². The highest BCUT2D eigenvalue weighted by Crippen LogP contribution is 2.23. The first kappa shape index (κ1) is 13.7. The molecule has 2 unspecified atom stereocenters. The summed E-state index contributed by atoms with van der Waals surface area (Å²) in [7, 11) is 0. The molecule has 0 saturated heterocycles. The molecule has 3 nitrogen and oxygen atoms in total. The Morgan fingerprint density at radius 1 is 1.53 bits per heavy atom. The average molecular weight is 235 g/mol. The number of aryl methyl sites for hydroxylation is 1.